The van der Waals surface area contributed by atoms with Crippen LogP contribution in [0.1, 0.15) is 18.2 Å². The average Bonchev–Trinajstić information content (AvgIpc) is 2.64. The second-order valence-corrected chi connectivity index (χ2v) is 3.52. The Morgan fingerprint density at radius 1 is 1.38 bits per heavy atom. The summed E-state index contributed by atoms with van der Waals surface area (Å²) in [5.74, 6) is 0.307. The number of nitrogens with zero attached hydrogens (tertiary/aromatic N) is 2. The van der Waals surface area contributed by atoms with Crippen LogP contribution in [0.25, 0.3) is 0 Å². The van der Waals surface area contributed by atoms with E-state index in [0.29, 0.717) is 18.2 Å². The molecular weight excluding hydrogens is 221 g/mol. The fraction of sp³-hybridized carbons (Fsp3) is 0.400. The summed E-state index contributed by atoms with van der Waals surface area (Å²) in [6.45, 7) is 2.30. The van der Waals surface area contributed by atoms with Gasteiger partial charge in [0.2, 0.25) is 5.90 Å². The number of rotatable bonds is 1. The van der Waals surface area contributed by atoms with Crippen molar-refractivity contribution in [2.24, 2.45) is 4.99 Å². The molecule has 0 aliphatic carbocycles. The molecule has 1 aromatic rings. The van der Waals surface area contributed by atoms with Gasteiger partial charge in [-0.25, -0.2) is 4.99 Å². The highest BCUT2D eigenvalue weighted by atomic mass is 19.4. The van der Waals surface area contributed by atoms with Crippen LogP contribution in [0.2, 0.25) is 0 Å². The van der Waals surface area contributed by atoms with Crippen molar-refractivity contribution in [2.75, 3.05) is 6.61 Å². The van der Waals surface area contributed by atoms with E-state index >= 15 is 0 Å². The van der Waals surface area contributed by atoms with E-state index in [-0.39, 0.29) is 6.04 Å². The lowest BCUT2D eigenvalue weighted by molar-refractivity contribution is -0.137. The molecule has 2 heterocycles. The van der Waals surface area contributed by atoms with E-state index in [0.717, 1.165) is 12.3 Å². The standard InChI is InChI=1S/C10H9F3N2O/c1-6-5-16-9(15-6)8-3-2-7(4-14-8)10(11,12)13/h2-4,6H,5H2,1H3/t6-/m0/s1. The number of hydrogen-bond acceptors (Lipinski definition) is 3. The van der Waals surface area contributed by atoms with Crippen LogP contribution in [-0.2, 0) is 10.9 Å². The Morgan fingerprint density at radius 2 is 2.12 bits per heavy atom. The van der Waals surface area contributed by atoms with Gasteiger partial charge in [0.15, 0.2) is 0 Å². The summed E-state index contributed by atoms with van der Waals surface area (Å²) < 4.78 is 42.0. The number of aromatic nitrogens is 1. The zero-order chi connectivity index (χ0) is 11.8. The minimum atomic E-state index is -4.36. The van der Waals surface area contributed by atoms with Gasteiger partial charge in [-0.1, -0.05) is 0 Å². The molecule has 0 bridgehead atoms. The van der Waals surface area contributed by atoms with Gasteiger partial charge in [0.25, 0.3) is 0 Å². The average molecular weight is 230 g/mol. The van der Waals surface area contributed by atoms with Crippen LogP contribution in [-0.4, -0.2) is 23.5 Å². The van der Waals surface area contributed by atoms with Crippen LogP contribution in [0.5, 0.6) is 0 Å². The second-order valence-electron chi connectivity index (χ2n) is 3.52. The molecule has 6 heteroatoms. The number of hydrogen-bond donors (Lipinski definition) is 0. The van der Waals surface area contributed by atoms with Gasteiger partial charge in [-0.2, -0.15) is 13.2 Å². The Hall–Kier alpha value is -1.59. The van der Waals surface area contributed by atoms with Gasteiger partial charge in [0.05, 0.1) is 11.6 Å². The first-order valence-electron chi connectivity index (χ1n) is 4.71. The molecule has 0 unspecified atom stereocenters. The number of alkyl halides is 3. The van der Waals surface area contributed by atoms with Gasteiger partial charge >= 0.3 is 6.18 Å². The third-order valence-electron chi connectivity index (χ3n) is 2.11. The van der Waals surface area contributed by atoms with Crippen molar-refractivity contribution in [1.29, 1.82) is 0 Å². The van der Waals surface area contributed by atoms with Gasteiger partial charge in [0.1, 0.15) is 12.3 Å². The van der Waals surface area contributed by atoms with Crippen LogP contribution < -0.4 is 0 Å². The maximum absolute atomic E-state index is 12.3. The predicted molar refractivity (Wildman–Crippen MR) is 51.2 cm³/mol. The molecule has 0 saturated heterocycles. The highest BCUT2D eigenvalue weighted by Crippen LogP contribution is 2.28. The molecule has 0 aromatic carbocycles. The Labute approximate surface area is 90.0 Å². The van der Waals surface area contributed by atoms with Crippen LogP contribution >= 0.6 is 0 Å². The minimum absolute atomic E-state index is 0.0269. The molecule has 0 amide bonds. The van der Waals surface area contributed by atoms with Crippen molar-refractivity contribution in [3.05, 3.63) is 29.6 Å². The Balaban J connectivity index is 2.23. The highest BCUT2D eigenvalue weighted by molar-refractivity contribution is 5.93. The fourth-order valence-corrected chi connectivity index (χ4v) is 1.30. The minimum Gasteiger partial charge on any atom is -0.474 e. The first-order chi connectivity index (χ1) is 7.47. The normalized spacial score (nSPS) is 20.5. The van der Waals surface area contributed by atoms with E-state index in [2.05, 4.69) is 9.98 Å². The van der Waals surface area contributed by atoms with Gasteiger partial charge in [-0.15, -0.1) is 0 Å². The van der Waals surface area contributed by atoms with Crippen molar-refractivity contribution in [3.63, 3.8) is 0 Å². The Bertz CT molecular complexity index is 411. The second kappa shape index (κ2) is 3.77. The lowest BCUT2D eigenvalue weighted by Crippen LogP contribution is -2.08. The van der Waals surface area contributed by atoms with Crippen molar-refractivity contribution < 1.29 is 17.9 Å². The monoisotopic (exact) mass is 230 g/mol. The van der Waals surface area contributed by atoms with Crippen LogP contribution in [0.4, 0.5) is 13.2 Å². The molecule has 16 heavy (non-hydrogen) atoms. The molecule has 0 fully saturated rings. The Morgan fingerprint density at radius 3 is 2.56 bits per heavy atom. The van der Waals surface area contributed by atoms with E-state index in [1.807, 2.05) is 6.92 Å². The summed E-state index contributed by atoms with van der Waals surface area (Å²) in [6, 6.07) is 2.26. The third kappa shape index (κ3) is 2.15. The molecule has 1 aromatic heterocycles. The molecular formula is C10H9F3N2O. The van der Waals surface area contributed by atoms with Crippen molar-refractivity contribution in [2.45, 2.75) is 19.1 Å². The Kier molecular flexibility index (Phi) is 2.57. The molecule has 1 atom stereocenters. The lowest BCUT2D eigenvalue weighted by atomic mass is 10.2. The number of halogens is 3. The van der Waals surface area contributed by atoms with Crippen molar-refractivity contribution in [3.8, 4) is 0 Å². The van der Waals surface area contributed by atoms with Gasteiger partial charge in [-0.3, -0.25) is 4.98 Å². The van der Waals surface area contributed by atoms with E-state index in [9.17, 15) is 13.2 Å². The molecule has 0 saturated carbocycles. The quantitative estimate of drug-likeness (QED) is 0.741. The van der Waals surface area contributed by atoms with Gasteiger partial charge < -0.3 is 4.74 Å². The molecule has 0 N–H and O–H groups in total. The first-order valence-corrected chi connectivity index (χ1v) is 4.71. The molecule has 0 spiro atoms. The molecule has 2 rings (SSSR count). The first kappa shape index (κ1) is 10.9. The zero-order valence-corrected chi connectivity index (χ0v) is 8.45. The van der Waals surface area contributed by atoms with Gasteiger partial charge in [0, 0.05) is 6.20 Å². The SMILES string of the molecule is C[C@H]1COC(c2ccc(C(F)(F)F)cn2)=N1. The smallest absolute Gasteiger partial charge is 0.417 e. The summed E-state index contributed by atoms with van der Waals surface area (Å²) in [5.41, 5.74) is -0.444. The zero-order valence-electron chi connectivity index (χ0n) is 8.45. The van der Waals surface area contributed by atoms with E-state index < -0.39 is 11.7 Å². The summed E-state index contributed by atoms with van der Waals surface area (Å²) in [4.78, 5) is 7.79. The van der Waals surface area contributed by atoms with Crippen molar-refractivity contribution in [1.82, 2.24) is 4.98 Å². The maximum atomic E-state index is 12.3. The molecule has 3 nitrogen and oxygen atoms in total. The van der Waals surface area contributed by atoms with Gasteiger partial charge in [-0.05, 0) is 19.1 Å². The maximum Gasteiger partial charge on any atom is 0.417 e. The number of aliphatic imine (C=N–C) groups is 1. The third-order valence-corrected chi connectivity index (χ3v) is 2.11. The van der Waals surface area contributed by atoms with E-state index in [1.165, 1.54) is 6.07 Å². The van der Waals surface area contributed by atoms with E-state index in [4.69, 9.17) is 4.74 Å². The van der Waals surface area contributed by atoms with Crippen LogP contribution in [0, 0.1) is 0 Å². The number of ether oxygens (including phenoxy) is 1. The molecule has 0 radical (unpaired) electrons. The molecule has 1 aliphatic heterocycles. The summed E-state index contributed by atoms with van der Waals surface area (Å²) in [7, 11) is 0. The summed E-state index contributed by atoms with van der Waals surface area (Å²) in [6.07, 6.45) is -3.58. The fourth-order valence-electron chi connectivity index (χ4n) is 1.30. The number of pyridine rings is 1. The predicted octanol–water partition coefficient (Wildman–Crippen LogP) is 2.27. The largest absolute Gasteiger partial charge is 0.474 e. The van der Waals surface area contributed by atoms with Crippen LogP contribution in [0.15, 0.2) is 23.3 Å². The molecule has 1 aliphatic rings. The van der Waals surface area contributed by atoms with Crippen LogP contribution in [0.3, 0.4) is 0 Å². The van der Waals surface area contributed by atoms with Crippen molar-refractivity contribution >= 4 is 5.90 Å². The summed E-state index contributed by atoms with van der Waals surface area (Å²) in [5, 5.41) is 0. The van der Waals surface area contributed by atoms with E-state index in [1.54, 1.807) is 0 Å². The highest BCUT2D eigenvalue weighted by Gasteiger charge is 2.31. The topological polar surface area (TPSA) is 34.5 Å². The summed E-state index contributed by atoms with van der Waals surface area (Å²) >= 11 is 0. The molecule has 86 valence electrons. The lowest BCUT2D eigenvalue weighted by Gasteiger charge is -2.06.